The molecule has 0 spiro atoms. The summed E-state index contributed by atoms with van der Waals surface area (Å²) in [6.45, 7) is 3.91. The molecule has 0 atom stereocenters. The molecule has 0 aliphatic rings. The lowest BCUT2D eigenvalue weighted by Gasteiger charge is -2.11. The van der Waals surface area contributed by atoms with Gasteiger partial charge in [0.15, 0.2) is 0 Å². The van der Waals surface area contributed by atoms with E-state index < -0.39 is 10.0 Å². The molecule has 0 aliphatic heterocycles. The summed E-state index contributed by atoms with van der Waals surface area (Å²) in [6, 6.07) is 3.23. The van der Waals surface area contributed by atoms with Gasteiger partial charge in [0.1, 0.15) is 5.01 Å². The number of hydrogen-bond donors (Lipinski definition) is 2. The topological polar surface area (TPSA) is 85.1 Å². The fourth-order valence-corrected chi connectivity index (χ4v) is 4.59. The Morgan fingerprint density at radius 1 is 1.43 bits per heavy atom. The normalized spacial score (nSPS) is 11.8. The Balaban J connectivity index is 2.22. The molecule has 5 nitrogen and oxygen atoms in total. The Hall–Kier alpha value is -0.960. The molecule has 1 aromatic carbocycles. The maximum Gasteiger partial charge on any atom is 0.241 e. The van der Waals surface area contributed by atoms with Crippen molar-refractivity contribution in [3.05, 3.63) is 38.3 Å². The third-order valence-electron chi connectivity index (χ3n) is 3.02. The van der Waals surface area contributed by atoms with Crippen molar-refractivity contribution in [2.45, 2.75) is 31.7 Å². The van der Waals surface area contributed by atoms with Gasteiger partial charge < -0.3 is 5.73 Å². The summed E-state index contributed by atoms with van der Waals surface area (Å²) in [5, 5.41) is 0.746. The maximum atomic E-state index is 12.4. The molecule has 8 heteroatoms. The molecular weight excluding hydrogens is 374 g/mol. The number of hydrogen-bond acceptors (Lipinski definition) is 5. The molecular formula is C13H16BrN3O2S2. The minimum absolute atomic E-state index is 0.179. The quantitative estimate of drug-likeness (QED) is 0.769. The zero-order valence-electron chi connectivity index (χ0n) is 11.7. The molecule has 114 valence electrons. The number of thiazole rings is 1. The van der Waals surface area contributed by atoms with Gasteiger partial charge in [-0.1, -0.05) is 22.9 Å². The van der Waals surface area contributed by atoms with E-state index in [1.54, 1.807) is 25.3 Å². The zero-order chi connectivity index (χ0) is 15.6. The molecule has 1 aromatic heterocycles. The van der Waals surface area contributed by atoms with E-state index in [0.717, 1.165) is 16.3 Å². The Kier molecular flexibility index (Phi) is 5.03. The smallest absolute Gasteiger partial charge is 0.241 e. The number of nitrogens with zero attached hydrogens (tertiary/aromatic N) is 1. The Labute approximate surface area is 136 Å². The van der Waals surface area contributed by atoms with Crippen molar-refractivity contribution in [1.29, 1.82) is 0 Å². The van der Waals surface area contributed by atoms with Crippen molar-refractivity contribution < 1.29 is 8.42 Å². The number of anilines is 1. The maximum absolute atomic E-state index is 12.4. The van der Waals surface area contributed by atoms with Gasteiger partial charge in [0, 0.05) is 21.2 Å². The van der Waals surface area contributed by atoms with Crippen LogP contribution in [0, 0.1) is 6.92 Å². The third-order valence-corrected chi connectivity index (χ3v) is 6.14. The lowest BCUT2D eigenvalue weighted by Crippen LogP contribution is -2.24. The predicted octanol–water partition coefficient (Wildman–Crippen LogP) is 2.84. The Morgan fingerprint density at radius 2 is 2.14 bits per heavy atom. The summed E-state index contributed by atoms with van der Waals surface area (Å²) in [4.78, 5) is 5.51. The van der Waals surface area contributed by atoms with Crippen LogP contribution >= 0.6 is 27.3 Å². The summed E-state index contributed by atoms with van der Waals surface area (Å²) < 4.78 is 28.0. The van der Waals surface area contributed by atoms with Crippen molar-refractivity contribution in [3.8, 4) is 0 Å². The van der Waals surface area contributed by atoms with E-state index in [1.165, 1.54) is 11.3 Å². The van der Waals surface area contributed by atoms with Crippen LogP contribution in [-0.4, -0.2) is 13.4 Å². The van der Waals surface area contributed by atoms with Crippen molar-refractivity contribution >= 4 is 43.0 Å². The lowest BCUT2D eigenvalue weighted by molar-refractivity contribution is 0.580. The molecule has 0 radical (unpaired) electrons. The van der Waals surface area contributed by atoms with E-state index in [9.17, 15) is 8.42 Å². The molecule has 2 rings (SSSR count). The van der Waals surface area contributed by atoms with E-state index in [1.807, 2.05) is 6.92 Å². The van der Waals surface area contributed by atoms with Crippen LogP contribution in [0.25, 0.3) is 0 Å². The zero-order valence-corrected chi connectivity index (χ0v) is 14.9. The molecule has 0 amide bonds. The van der Waals surface area contributed by atoms with Gasteiger partial charge in [0.2, 0.25) is 10.0 Å². The van der Waals surface area contributed by atoms with E-state index in [2.05, 4.69) is 25.6 Å². The van der Waals surface area contributed by atoms with E-state index in [4.69, 9.17) is 5.73 Å². The number of rotatable bonds is 5. The molecule has 0 bridgehead atoms. The molecule has 1 heterocycles. The minimum atomic E-state index is -3.62. The van der Waals surface area contributed by atoms with Crippen molar-refractivity contribution in [3.63, 3.8) is 0 Å². The number of sulfonamides is 1. The SMILES string of the molecule is CCc1cnc(CNS(=O)(=O)c2cc(Br)cc(N)c2C)s1. The van der Waals surface area contributed by atoms with Crippen LogP contribution in [0.2, 0.25) is 0 Å². The Bertz CT molecular complexity index is 757. The van der Waals surface area contributed by atoms with Crippen LogP contribution in [0.5, 0.6) is 0 Å². The van der Waals surface area contributed by atoms with Gasteiger partial charge in [0.25, 0.3) is 0 Å². The standard InChI is InChI=1S/C13H16BrN3O2S2/c1-3-10-6-16-13(20-10)7-17-21(18,19)12-5-9(14)4-11(15)8(12)2/h4-6,17H,3,7,15H2,1-2H3. The average Bonchev–Trinajstić information content (AvgIpc) is 2.88. The highest BCUT2D eigenvalue weighted by molar-refractivity contribution is 9.10. The van der Waals surface area contributed by atoms with Gasteiger partial charge in [-0.25, -0.2) is 18.1 Å². The molecule has 0 fully saturated rings. The first kappa shape index (κ1) is 16.4. The highest BCUT2D eigenvalue weighted by atomic mass is 79.9. The average molecular weight is 390 g/mol. The number of aromatic nitrogens is 1. The van der Waals surface area contributed by atoms with Crippen molar-refractivity contribution in [2.75, 3.05) is 5.73 Å². The fourth-order valence-electron chi connectivity index (χ4n) is 1.78. The number of benzene rings is 1. The molecule has 3 N–H and O–H groups in total. The summed E-state index contributed by atoms with van der Waals surface area (Å²) in [7, 11) is -3.62. The molecule has 2 aromatic rings. The van der Waals surface area contributed by atoms with E-state index in [0.29, 0.717) is 15.7 Å². The minimum Gasteiger partial charge on any atom is -0.398 e. The van der Waals surface area contributed by atoms with E-state index >= 15 is 0 Å². The second kappa shape index (κ2) is 6.43. The molecule has 0 aliphatic carbocycles. The highest BCUT2D eigenvalue weighted by Gasteiger charge is 2.19. The summed E-state index contributed by atoms with van der Waals surface area (Å²) in [6.07, 6.45) is 2.67. The van der Waals surface area contributed by atoms with Gasteiger partial charge in [-0.15, -0.1) is 11.3 Å². The van der Waals surface area contributed by atoms with Gasteiger partial charge in [0.05, 0.1) is 11.4 Å². The van der Waals surface area contributed by atoms with Crippen LogP contribution in [0.4, 0.5) is 5.69 Å². The number of nitrogens with one attached hydrogen (secondary N) is 1. The van der Waals surface area contributed by atoms with Gasteiger partial charge in [-0.2, -0.15) is 0 Å². The molecule has 0 saturated carbocycles. The van der Waals surface area contributed by atoms with Gasteiger partial charge >= 0.3 is 0 Å². The molecule has 21 heavy (non-hydrogen) atoms. The lowest BCUT2D eigenvalue weighted by atomic mass is 10.2. The van der Waals surface area contributed by atoms with E-state index in [-0.39, 0.29) is 11.4 Å². The number of halogens is 1. The fraction of sp³-hybridized carbons (Fsp3) is 0.308. The summed E-state index contributed by atoms with van der Waals surface area (Å²) in [5.74, 6) is 0. The monoisotopic (exact) mass is 389 g/mol. The summed E-state index contributed by atoms with van der Waals surface area (Å²) >= 11 is 4.77. The van der Waals surface area contributed by atoms with Gasteiger partial charge in [-0.3, -0.25) is 0 Å². The van der Waals surface area contributed by atoms with Crippen LogP contribution in [0.15, 0.2) is 27.7 Å². The van der Waals surface area contributed by atoms with Crippen LogP contribution in [-0.2, 0) is 23.0 Å². The van der Waals surface area contributed by atoms with Crippen LogP contribution < -0.4 is 10.5 Å². The molecule has 0 saturated heterocycles. The van der Waals surface area contributed by atoms with Gasteiger partial charge in [-0.05, 0) is 31.0 Å². The number of nitrogen functional groups attached to an aromatic ring is 1. The first-order valence-electron chi connectivity index (χ1n) is 6.32. The van der Waals surface area contributed by atoms with Crippen molar-refractivity contribution in [1.82, 2.24) is 9.71 Å². The predicted molar refractivity (Wildman–Crippen MR) is 88.8 cm³/mol. The second-order valence-corrected chi connectivity index (χ2v) is 8.37. The van der Waals surface area contributed by atoms with Crippen molar-refractivity contribution in [2.24, 2.45) is 0 Å². The number of nitrogens with two attached hydrogens (primary N) is 1. The largest absolute Gasteiger partial charge is 0.398 e. The van der Waals surface area contributed by atoms with Crippen LogP contribution in [0.1, 0.15) is 22.4 Å². The first-order chi connectivity index (χ1) is 9.83. The van der Waals surface area contributed by atoms with Crippen LogP contribution in [0.3, 0.4) is 0 Å². The number of aryl methyl sites for hydroxylation is 1. The highest BCUT2D eigenvalue weighted by Crippen LogP contribution is 2.26. The first-order valence-corrected chi connectivity index (χ1v) is 9.41. The third kappa shape index (κ3) is 3.82. The summed E-state index contributed by atoms with van der Waals surface area (Å²) in [5.41, 5.74) is 6.79. The molecule has 0 unspecified atom stereocenters. The Morgan fingerprint density at radius 3 is 2.76 bits per heavy atom. The second-order valence-electron chi connectivity index (χ2n) is 4.52.